The maximum atomic E-state index is 12.8. The summed E-state index contributed by atoms with van der Waals surface area (Å²) in [6, 6.07) is 18.4. The number of aromatic nitrogens is 2. The molecule has 0 N–H and O–H groups in total. The first-order valence-corrected chi connectivity index (χ1v) is 7.51. The van der Waals surface area contributed by atoms with Gasteiger partial charge in [-0.2, -0.15) is 18.2 Å². The van der Waals surface area contributed by atoms with Crippen molar-refractivity contribution in [3.05, 3.63) is 72.3 Å². The van der Waals surface area contributed by atoms with Gasteiger partial charge in [0, 0.05) is 11.1 Å². The number of rotatable bonds is 2. The number of hydrogen-bond acceptors (Lipinski definition) is 3. The zero-order valence-corrected chi connectivity index (χ0v) is 12.8. The smallest absolute Gasteiger partial charge is 0.334 e. The Bertz CT molecular complexity index is 1050. The van der Waals surface area contributed by atoms with Crippen LogP contribution < -0.4 is 0 Å². The fraction of sp³-hybridized carbons (Fsp3) is 0.0526. The van der Waals surface area contributed by atoms with Gasteiger partial charge in [0.15, 0.2) is 0 Å². The molecule has 25 heavy (non-hydrogen) atoms. The standard InChI is InChI=1S/C19H11F3N2O/c20-19(21,22)16-7-3-6-15(11-16)18-23-17(24-25-18)14-9-8-12-4-1-2-5-13(12)10-14/h1-11H. The Morgan fingerprint density at radius 2 is 1.56 bits per heavy atom. The van der Waals surface area contributed by atoms with E-state index in [1.807, 2.05) is 42.5 Å². The zero-order valence-electron chi connectivity index (χ0n) is 12.8. The Morgan fingerprint density at radius 3 is 2.36 bits per heavy atom. The molecule has 124 valence electrons. The summed E-state index contributed by atoms with van der Waals surface area (Å²) in [5, 5.41) is 5.99. The molecule has 1 heterocycles. The van der Waals surface area contributed by atoms with Crippen molar-refractivity contribution in [3.8, 4) is 22.8 Å². The molecule has 4 rings (SSSR count). The molecule has 0 unspecified atom stereocenters. The second-order valence-electron chi connectivity index (χ2n) is 5.56. The largest absolute Gasteiger partial charge is 0.416 e. The van der Waals surface area contributed by atoms with Gasteiger partial charge in [-0.1, -0.05) is 47.6 Å². The Balaban J connectivity index is 1.72. The molecular formula is C19H11F3N2O. The monoisotopic (exact) mass is 340 g/mol. The summed E-state index contributed by atoms with van der Waals surface area (Å²) in [5.41, 5.74) is 0.213. The summed E-state index contributed by atoms with van der Waals surface area (Å²) in [4.78, 5) is 4.24. The number of benzene rings is 3. The number of alkyl halides is 3. The van der Waals surface area contributed by atoms with Crippen LogP contribution >= 0.6 is 0 Å². The molecule has 3 aromatic carbocycles. The van der Waals surface area contributed by atoms with E-state index in [0.717, 1.165) is 28.5 Å². The normalized spacial score (nSPS) is 11.8. The van der Waals surface area contributed by atoms with Gasteiger partial charge in [-0.05, 0) is 35.0 Å². The van der Waals surface area contributed by atoms with Crippen molar-refractivity contribution in [2.24, 2.45) is 0 Å². The first-order chi connectivity index (χ1) is 12.0. The highest BCUT2D eigenvalue weighted by atomic mass is 19.4. The van der Waals surface area contributed by atoms with Gasteiger partial charge < -0.3 is 4.52 Å². The van der Waals surface area contributed by atoms with E-state index in [4.69, 9.17) is 4.52 Å². The fourth-order valence-corrected chi connectivity index (χ4v) is 2.61. The minimum atomic E-state index is -4.42. The van der Waals surface area contributed by atoms with Crippen molar-refractivity contribution in [2.45, 2.75) is 6.18 Å². The molecule has 3 nitrogen and oxygen atoms in total. The fourth-order valence-electron chi connectivity index (χ4n) is 2.61. The first-order valence-electron chi connectivity index (χ1n) is 7.51. The van der Waals surface area contributed by atoms with E-state index < -0.39 is 11.7 Å². The van der Waals surface area contributed by atoms with Crippen LogP contribution in [0.25, 0.3) is 33.6 Å². The predicted molar refractivity (Wildman–Crippen MR) is 87.7 cm³/mol. The number of fused-ring (bicyclic) bond motifs is 1. The molecule has 0 radical (unpaired) electrons. The molecule has 6 heteroatoms. The van der Waals surface area contributed by atoms with Crippen LogP contribution in [0.1, 0.15) is 5.56 Å². The van der Waals surface area contributed by atoms with Gasteiger partial charge in [0.1, 0.15) is 0 Å². The van der Waals surface area contributed by atoms with Gasteiger partial charge in [-0.3, -0.25) is 0 Å². The molecule has 0 fully saturated rings. The average molecular weight is 340 g/mol. The molecule has 0 saturated carbocycles. The average Bonchev–Trinajstić information content (AvgIpc) is 3.11. The van der Waals surface area contributed by atoms with Crippen molar-refractivity contribution in [2.75, 3.05) is 0 Å². The van der Waals surface area contributed by atoms with Gasteiger partial charge in [0.05, 0.1) is 5.56 Å². The van der Waals surface area contributed by atoms with Crippen LogP contribution in [0.2, 0.25) is 0 Å². The maximum Gasteiger partial charge on any atom is 0.416 e. The lowest BCUT2D eigenvalue weighted by Crippen LogP contribution is -2.04. The lowest BCUT2D eigenvalue weighted by atomic mass is 10.1. The third-order valence-electron chi connectivity index (χ3n) is 3.87. The van der Waals surface area contributed by atoms with Crippen LogP contribution in [0.15, 0.2) is 71.3 Å². The van der Waals surface area contributed by atoms with Gasteiger partial charge in [-0.15, -0.1) is 0 Å². The third-order valence-corrected chi connectivity index (χ3v) is 3.87. The summed E-state index contributed by atoms with van der Waals surface area (Å²) >= 11 is 0. The molecular weight excluding hydrogens is 329 g/mol. The van der Waals surface area contributed by atoms with E-state index in [2.05, 4.69) is 10.1 Å². The number of hydrogen-bond donors (Lipinski definition) is 0. The Hall–Kier alpha value is -3.15. The topological polar surface area (TPSA) is 38.9 Å². The van der Waals surface area contributed by atoms with E-state index in [0.29, 0.717) is 5.82 Å². The highest BCUT2D eigenvalue weighted by Crippen LogP contribution is 2.32. The zero-order chi connectivity index (χ0) is 17.4. The lowest BCUT2D eigenvalue weighted by Gasteiger charge is -2.06. The van der Waals surface area contributed by atoms with Crippen molar-refractivity contribution in [1.29, 1.82) is 0 Å². The number of nitrogens with zero attached hydrogens (tertiary/aromatic N) is 2. The van der Waals surface area contributed by atoms with Crippen molar-refractivity contribution < 1.29 is 17.7 Å². The van der Waals surface area contributed by atoms with Crippen molar-refractivity contribution >= 4 is 10.8 Å². The van der Waals surface area contributed by atoms with Crippen molar-refractivity contribution in [1.82, 2.24) is 10.1 Å². The Kier molecular flexibility index (Phi) is 3.53. The Morgan fingerprint density at radius 1 is 0.760 bits per heavy atom. The molecule has 0 aliphatic rings. The first kappa shape index (κ1) is 15.4. The van der Waals surface area contributed by atoms with E-state index in [1.165, 1.54) is 12.1 Å². The molecule has 0 bridgehead atoms. The molecule has 0 spiro atoms. The van der Waals surface area contributed by atoms with Gasteiger partial charge >= 0.3 is 6.18 Å². The molecule has 0 amide bonds. The molecule has 4 aromatic rings. The summed E-state index contributed by atoms with van der Waals surface area (Å²) in [7, 11) is 0. The van der Waals surface area contributed by atoms with Gasteiger partial charge in [0.2, 0.25) is 5.82 Å². The van der Waals surface area contributed by atoms with Crippen LogP contribution in [-0.2, 0) is 6.18 Å². The minimum absolute atomic E-state index is 0.0502. The summed E-state index contributed by atoms with van der Waals surface area (Å²) in [6.07, 6.45) is -4.42. The van der Waals surface area contributed by atoms with E-state index in [-0.39, 0.29) is 11.5 Å². The SMILES string of the molecule is FC(F)(F)c1cccc(-c2nc(-c3ccc4ccccc4c3)no2)c1. The lowest BCUT2D eigenvalue weighted by molar-refractivity contribution is -0.137. The highest BCUT2D eigenvalue weighted by Gasteiger charge is 2.30. The van der Waals surface area contributed by atoms with Crippen LogP contribution in [-0.4, -0.2) is 10.1 Å². The Labute approximate surface area is 140 Å². The second-order valence-corrected chi connectivity index (χ2v) is 5.56. The molecule has 1 aromatic heterocycles. The van der Waals surface area contributed by atoms with E-state index in [1.54, 1.807) is 0 Å². The summed E-state index contributed by atoms with van der Waals surface area (Å²) < 4.78 is 43.7. The van der Waals surface area contributed by atoms with Gasteiger partial charge in [-0.25, -0.2) is 0 Å². The number of halogens is 3. The molecule has 0 saturated heterocycles. The van der Waals surface area contributed by atoms with Crippen LogP contribution in [0.4, 0.5) is 13.2 Å². The van der Waals surface area contributed by atoms with E-state index >= 15 is 0 Å². The highest BCUT2D eigenvalue weighted by molar-refractivity contribution is 5.86. The van der Waals surface area contributed by atoms with Gasteiger partial charge in [0.25, 0.3) is 5.89 Å². The summed E-state index contributed by atoms with van der Waals surface area (Å²) in [6.45, 7) is 0. The van der Waals surface area contributed by atoms with Crippen LogP contribution in [0, 0.1) is 0 Å². The molecule has 0 aliphatic heterocycles. The quantitative estimate of drug-likeness (QED) is 0.478. The van der Waals surface area contributed by atoms with E-state index in [9.17, 15) is 13.2 Å². The summed E-state index contributed by atoms with van der Waals surface area (Å²) in [5.74, 6) is 0.382. The van der Waals surface area contributed by atoms with Crippen LogP contribution in [0.5, 0.6) is 0 Å². The molecule has 0 atom stereocenters. The second kappa shape index (κ2) is 5.73. The maximum absolute atomic E-state index is 12.8. The third kappa shape index (κ3) is 2.98. The molecule has 0 aliphatic carbocycles. The predicted octanol–water partition coefficient (Wildman–Crippen LogP) is 5.58. The van der Waals surface area contributed by atoms with Crippen molar-refractivity contribution in [3.63, 3.8) is 0 Å². The minimum Gasteiger partial charge on any atom is -0.334 e. The van der Waals surface area contributed by atoms with Crippen LogP contribution in [0.3, 0.4) is 0 Å².